The molecule has 1 aliphatic carbocycles. The molecule has 2 aliphatic heterocycles. The number of benzene rings is 1. The van der Waals surface area contributed by atoms with Gasteiger partial charge in [-0.05, 0) is 62.8 Å². The normalized spacial score (nSPS) is 21.0. The SMILES string of the molecule is O=C(Cc1cn(-c2ccc(OC3CCN(C4CCC4)CC3)cc2)nn1)N1CCCC1. The predicted molar refractivity (Wildman–Crippen MR) is 114 cm³/mol. The molecule has 1 amide bonds. The molecule has 7 heteroatoms. The number of piperidine rings is 1. The molecule has 5 rings (SSSR count). The lowest BCUT2D eigenvalue weighted by Gasteiger charge is -2.41. The van der Waals surface area contributed by atoms with E-state index in [1.165, 1.54) is 19.3 Å². The number of nitrogens with zero attached hydrogens (tertiary/aromatic N) is 5. The molecule has 0 N–H and O–H groups in total. The van der Waals surface area contributed by atoms with Gasteiger partial charge < -0.3 is 14.5 Å². The summed E-state index contributed by atoms with van der Waals surface area (Å²) in [6.07, 6.45) is 11.1. The van der Waals surface area contributed by atoms with Crippen molar-refractivity contribution in [2.24, 2.45) is 0 Å². The largest absolute Gasteiger partial charge is 0.490 e. The minimum absolute atomic E-state index is 0.145. The van der Waals surface area contributed by atoms with Gasteiger partial charge in [0.25, 0.3) is 0 Å². The van der Waals surface area contributed by atoms with Crippen LogP contribution < -0.4 is 4.74 Å². The molecule has 0 bridgehead atoms. The zero-order chi connectivity index (χ0) is 20.3. The summed E-state index contributed by atoms with van der Waals surface area (Å²) in [6.45, 7) is 4.05. The number of ether oxygens (including phenoxy) is 1. The van der Waals surface area contributed by atoms with Gasteiger partial charge >= 0.3 is 0 Å². The van der Waals surface area contributed by atoms with E-state index in [1.54, 1.807) is 4.68 Å². The summed E-state index contributed by atoms with van der Waals surface area (Å²) < 4.78 is 7.95. The Morgan fingerprint density at radius 3 is 2.37 bits per heavy atom. The molecule has 2 saturated heterocycles. The fraction of sp³-hybridized carbons (Fsp3) is 0.609. The molecule has 30 heavy (non-hydrogen) atoms. The minimum Gasteiger partial charge on any atom is -0.490 e. The molecule has 1 aromatic heterocycles. The van der Waals surface area contributed by atoms with Crippen molar-refractivity contribution in [1.29, 1.82) is 0 Å². The average Bonchev–Trinajstić information content (AvgIpc) is 3.41. The summed E-state index contributed by atoms with van der Waals surface area (Å²) in [5.74, 6) is 1.05. The van der Waals surface area contributed by atoms with Crippen molar-refractivity contribution in [3.05, 3.63) is 36.2 Å². The Morgan fingerprint density at radius 2 is 1.70 bits per heavy atom. The van der Waals surface area contributed by atoms with E-state index in [-0.39, 0.29) is 5.91 Å². The molecule has 0 radical (unpaired) electrons. The topological polar surface area (TPSA) is 63.5 Å². The van der Waals surface area contributed by atoms with Gasteiger partial charge in [0.1, 0.15) is 11.9 Å². The van der Waals surface area contributed by atoms with Crippen molar-refractivity contribution >= 4 is 5.91 Å². The van der Waals surface area contributed by atoms with E-state index in [0.29, 0.717) is 18.2 Å². The number of amides is 1. The lowest BCUT2D eigenvalue weighted by atomic mass is 9.90. The molecule has 2 aromatic rings. The van der Waals surface area contributed by atoms with Gasteiger partial charge in [0.05, 0.1) is 24.0 Å². The van der Waals surface area contributed by atoms with Gasteiger partial charge in [-0.15, -0.1) is 5.10 Å². The van der Waals surface area contributed by atoms with Gasteiger partial charge in [0.2, 0.25) is 5.91 Å². The van der Waals surface area contributed by atoms with Gasteiger partial charge in [-0.3, -0.25) is 4.79 Å². The summed E-state index contributed by atoms with van der Waals surface area (Å²) in [5.41, 5.74) is 1.64. The zero-order valence-electron chi connectivity index (χ0n) is 17.6. The highest BCUT2D eigenvalue weighted by atomic mass is 16.5. The fourth-order valence-corrected chi connectivity index (χ4v) is 4.72. The second-order valence-electron chi connectivity index (χ2n) is 8.85. The average molecular weight is 410 g/mol. The maximum atomic E-state index is 12.3. The lowest BCUT2D eigenvalue weighted by molar-refractivity contribution is -0.129. The Morgan fingerprint density at radius 1 is 0.967 bits per heavy atom. The molecular weight excluding hydrogens is 378 g/mol. The third-order valence-electron chi connectivity index (χ3n) is 6.80. The van der Waals surface area contributed by atoms with Gasteiger partial charge in [-0.25, -0.2) is 4.68 Å². The van der Waals surface area contributed by atoms with Crippen LogP contribution in [0.15, 0.2) is 30.5 Å². The van der Waals surface area contributed by atoms with Crippen molar-refractivity contribution in [2.75, 3.05) is 26.2 Å². The van der Waals surface area contributed by atoms with Crippen LogP contribution in [0.3, 0.4) is 0 Å². The highest BCUT2D eigenvalue weighted by Gasteiger charge is 2.29. The number of hydrogen-bond acceptors (Lipinski definition) is 5. The van der Waals surface area contributed by atoms with Crippen LogP contribution in [0.4, 0.5) is 0 Å². The van der Waals surface area contributed by atoms with Crippen LogP contribution in [0.5, 0.6) is 5.75 Å². The summed E-state index contributed by atoms with van der Waals surface area (Å²) in [4.78, 5) is 16.9. The van der Waals surface area contributed by atoms with E-state index in [0.717, 1.165) is 69.3 Å². The molecule has 1 saturated carbocycles. The quantitative estimate of drug-likeness (QED) is 0.734. The van der Waals surface area contributed by atoms with Gasteiger partial charge in [0, 0.05) is 32.2 Å². The van der Waals surface area contributed by atoms with Gasteiger partial charge in [-0.2, -0.15) is 0 Å². The molecule has 0 unspecified atom stereocenters. The molecule has 160 valence electrons. The zero-order valence-corrected chi connectivity index (χ0v) is 17.6. The maximum absolute atomic E-state index is 12.3. The molecule has 3 heterocycles. The Bertz CT molecular complexity index is 847. The first-order chi connectivity index (χ1) is 14.7. The Balaban J connectivity index is 1.13. The first-order valence-corrected chi connectivity index (χ1v) is 11.4. The van der Waals surface area contributed by atoms with Crippen molar-refractivity contribution in [2.45, 2.75) is 63.5 Å². The van der Waals surface area contributed by atoms with Gasteiger partial charge in [0.15, 0.2) is 0 Å². The van der Waals surface area contributed by atoms with Crippen LogP contribution >= 0.6 is 0 Å². The number of carbonyl (C=O) groups excluding carboxylic acids is 1. The molecule has 0 spiro atoms. The molecule has 3 fully saturated rings. The Kier molecular flexibility index (Phi) is 5.71. The van der Waals surface area contributed by atoms with E-state index in [1.807, 2.05) is 35.4 Å². The van der Waals surface area contributed by atoms with E-state index >= 15 is 0 Å². The summed E-state index contributed by atoms with van der Waals surface area (Å²) in [6, 6.07) is 8.84. The van der Waals surface area contributed by atoms with Crippen LogP contribution in [0.25, 0.3) is 5.69 Å². The van der Waals surface area contributed by atoms with Crippen molar-refractivity contribution in [3.63, 3.8) is 0 Å². The van der Waals surface area contributed by atoms with Crippen LogP contribution in [-0.2, 0) is 11.2 Å². The number of likely N-dealkylation sites (tertiary alicyclic amines) is 2. The Labute approximate surface area is 178 Å². The maximum Gasteiger partial charge on any atom is 0.228 e. The second-order valence-corrected chi connectivity index (χ2v) is 8.85. The smallest absolute Gasteiger partial charge is 0.228 e. The van der Waals surface area contributed by atoms with Gasteiger partial charge in [-0.1, -0.05) is 11.6 Å². The van der Waals surface area contributed by atoms with Crippen molar-refractivity contribution in [1.82, 2.24) is 24.8 Å². The third kappa shape index (κ3) is 4.36. The number of hydrogen-bond donors (Lipinski definition) is 0. The van der Waals surface area contributed by atoms with Crippen LogP contribution in [-0.4, -0.2) is 69.0 Å². The highest BCUT2D eigenvalue weighted by molar-refractivity contribution is 5.78. The summed E-state index contributed by atoms with van der Waals surface area (Å²) in [7, 11) is 0. The summed E-state index contributed by atoms with van der Waals surface area (Å²) in [5, 5.41) is 8.38. The minimum atomic E-state index is 0.145. The van der Waals surface area contributed by atoms with E-state index in [9.17, 15) is 4.79 Å². The summed E-state index contributed by atoms with van der Waals surface area (Å²) >= 11 is 0. The highest BCUT2D eigenvalue weighted by Crippen LogP contribution is 2.28. The first kappa shape index (κ1) is 19.5. The van der Waals surface area contributed by atoms with Crippen molar-refractivity contribution in [3.8, 4) is 11.4 Å². The second kappa shape index (κ2) is 8.76. The molecule has 7 nitrogen and oxygen atoms in total. The van der Waals surface area contributed by atoms with E-state index < -0.39 is 0 Å². The number of rotatable bonds is 6. The standard InChI is InChI=1S/C23H31N5O2/c29-23(27-12-1-2-13-27)16-18-17-28(25-24-18)20-6-8-21(9-7-20)30-22-10-14-26(15-11-22)19-4-3-5-19/h6-9,17,19,22H,1-5,10-16H2. The fourth-order valence-electron chi connectivity index (χ4n) is 4.72. The predicted octanol–water partition coefficient (Wildman–Crippen LogP) is 2.83. The molecule has 3 aliphatic rings. The molecule has 0 atom stereocenters. The molecular formula is C23H31N5O2. The number of carbonyl (C=O) groups is 1. The van der Waals surface area contributed by atoms with Crippen molar-refractivity contribution < 1.29 is 9.53 Å². The van der Waals surface area contributed by atoms with Crippen LogP contribution in [0.2, 0.25) is 0 Å². The van der Waals surface area contributed by atoms with E-state index in [2.05, 4.69) is 15.2 Å². The molecule has 1 aromatic carbocycles. The van der Waals surface area contributed by atoms with Crippen LogP contribution in [0, 0.1) is 0 Å². The van der Waals surface area contributed by atoms with E-state index in [4.69, 9.17) is 4.74 Å². The van der Waals surface area contributed by atoms with Crippen LogP contribution in [0.1, 0.15) is 50.6 Å². The third-order valence-corrected chi connectivity index (χ3v) is 6.80. The lowest BCUT2D eigenvalue weighted by Crippen LogP contribution is -2.46. The Hall–Kier alpha value is -2.41. The first-order valence-electron chi connectivity index (χ1n) is 11.4. The monoisotopic (exact) mass is 409 g/mol. The number of aromatic nitrogens is 3.